The van der Waals surface area contributed by atoms with Gasteiger partial charge in [0.1, 0.15) is 5.41 Å². The van der Waals surface area contributed by atoms with Crippen molar-refractivity contribution < 1.29 is 19.1 Å². The summed E-state index contributed by atoms with van der Waals surface area (Å²) in [6.45, 7) is 10.3. The number of allylic oxidation sites excluding steroid dienone is 2. The molecule has 1 rings (SSSR count). The van der Waals surface area contributed by atoms with Crippen molar-refractivity contribution in [3.8, 4) is 0 Å². The van der Waals surface area contributed by atoms with E-state index in [0.29, 0.717) is 13.2 Å². The molecule has 0 aromatic rings. The molecule has 0 fully saturated rings. The normalized spacial score (nSPS) is 24.4. The summed E-state index contributed by atoms with van der Waals surface area (Å²) in [4.78, 5) is 24.6. The Kier molecular flexibility index (Phi) is 6.19. The fourth-order valence-electron chi connectivity index (χ4n) is 1.99. The summed E-state index contributed by atoms with van der Waals surface area (Å²) in [6, 6.07) is 0. The van der Waals surface area contributed by atoms with Crippen molar-refractivity contribution in [2.45, 2.75) is 34.6 Å². The monoisotopic (exact) mass is 294 g/mol. The van der Waals surface area contributed by atoms with Gasteiger partial charge in [-0.3, -0.25) is 9.59 Å². The Morgan fingerprint density at radius 3 is 2.19 bits per heavy atom. The third-order valence-corrected chi connectivity index (χ3v) is 3.30. The number of rotatable bonds is 6. The molecule has 0 aliphatic heterocycles. The predicted molar refractivity (Wildman–Crippen MR) is 81.5 cm³/mol. The van der Waals surface area contributed by atoms with Crippen LogP contribution in [0, 0.1) is 23.2 Å². The van der Waals surface area contributed by atoms with E-state index in [9.17, 15) is 9.59 Å². The molecule has 0 spiro atoms. The molecule has 2 atom stereocenters. The van der Waals surface area contributed by atoms with Crippen molar-refractivity contribution in [3.05, 3.63) is 24.3 Å². The topological polar surface area (TPSA) is 52.6 Å². The second-order valence-corrected chi connectivity index (χ2v) is 6.52. The molecule has 2 unspecified atom stereocenters. The molecule has 0 heterocycles. The Bertz CT molecular complexity index is 434. The lowest BCUT2D eigenvalue weighted by Crippen LogP contribution is -2.41. The molecular weight excluding hydrogens is 268 g/mol. The molecule has 4 nitrogen and oxygen atoms in total. The van der Waals surface area contributed by atoms with Crippen LogP contribution in [0.2, 0.25) is 0 Å². The highest BCUT2D eigenvalue weighted by molar-refractivity contribution is 5.88. The molecule has 118 valence electrons. The van der Waals surface area contributed by atoms with Crippen molar-refractivity contribution in [1.82, 2.24) is 0 Å². The fraction of sp³-hybridized carbons (Fsp3) is 0.647. The highest BCUT2D eigenvalue weighted by Crippen LogP contribution is 2.35. The number of esters is 2. The molecular formula is C17H26O4. The number of carbonyl (C=O) groups excluding carboxylic acids is 2. The van der Waals surface area contributed by atoms with Gasteiger partial charge in [-0.1, -0.05) is 52.0 Å². The first kappa shape index (κ1) is 17.5. The van der Waals surface area contributed by atoms with Gasteiger partial charge in [0.15, 0.2) is 0 Å². The van der Waals surface area contributed by atoms with Crippen molar-refractivity contribution >= 4 is 11.9 Å². The van der Waals surface area contributed by atoms with Gasteiger partial charge in [-0.15, -0.1) is 0 Å². The third-order valence-electron chi connectivity index (χ3n) is 3.30. The fourth-order valence-corrected chi connectivity index (χ4v) is 1.99. The average molecular weight is 294 g/mol. The van der Waals surface area contributed by atoms with Crippen LogP contribution in [0.5, 0.6) is 0 Å². The second kappa shape index (κ2) is 7.43. The van der Waals surface area contributed by atoms with Crippen LogP contribution in [0.15, 0.2) is 24.3 Å². The molecule has 0 saturated carbocycles. The van der Waals surface area contributed by atoms with Crippen LogP contribution in [0.3, 0.4) is 0 Å². The Hall–Kier alpha value is -1.58. The van der Waals surface area contributed by atoms with E-state index in [1.165, 1.54) is 0 Å². The number of carbonyl (C=O) groups is 2. The lowest BCUT2D eigenvalue weighted by molar-refractivity contribution is -0.164. The van der Waals surface area contributed by atoms with Crippen molar-refractivity contribution in [2.75, 3.05) is 13.2 Å². The zero-order chi connectivity index (χ0) is 16.0. The SMILES string of the molecule is CC(C)COC(=O)C1C=CC=CC1(C)C(=O)OCC(C)C. The van der Waals surface area contributed by atoms with Crippen LogP contribution in [0.4, 0.5) is 0 Å². The van der Waals surface area contributed by atoms with E-state index in [2.05, 4.69) is 0 Å². The highest BCUT2D eigenvalue weighted by Gasteiger charge is 2.45. The minimum absolute atomic E-state index is 0.256. The summed E-state index contributed by atoms with van der Waals surface area (Å²) in [5.74, 6) is -0.888. The summed E-state index contributed by atoms with van der Waals surface area (Å²) in [5.41, 5.74) is -1.00. The maximum atomic E-state index is 12.4. The van der Waals surface area contributed by atoms with E-state index in [1.807, 2.05) is 27.7 Å². The van der Waals surface area contributed by atoms with Gasteiger partial charge in [-0.25, -0.2) is 0 Å². The molecule has 1 aliphatic carbocycles. The Labute approximate surface area is 127 Å². The van der Waals surface area contributed by atoms with E-state index in [1.54, 1.807) is 31.2 Å². The van der Waals surface area contributed by atoms with Gasteiger partial charge in [0.25, 0.3) is 0 Å². The lowest BCUT2D eigenvalue weighted by Gasteiger charge is -2.31. The van der Waals surface area contributed by atoms with Gasteiger partial charge in [0, 0.05) is 0 Å². The molecule has 0 saturated heterocycles. The molecule has 0 radical (unpaired) electrons. The van der Waals surface area contributed by atoms with Crippen molar-refractivity contribution in [1.29, 1.82) is 0 Å². The van der Waals surface area contributed by atoms with Crippen LogP contribution < -0.4 is 0 Å². The number of ether oxygens (including phenoxy) is 2. The quantitative estimate of drug-likeness (QED) is 0.706. The van der Waals surface area contributed by atoms with Gasteiger partial charge in [-0.2, -0.15) is 0 Å². The molecule has 0 bridgehead atoms. The third kappa shape index (κ3) is 4.73. The van der Waals surface area contributed by atoms with Crippen molar-refractivity contribution in [3.63, 3.8) is 0 Å². The predicted octanol–water partition coefficient (Wildman–Crippen LogP) is 3.13. The zero-order valence-electron chi connectivity index (χ0n) is 13.6. The zero-order valence-corrected chi connectivity index (χ0v) is 13.6. The van der Waals surface area contributed by atoms with Crippen LogP contribution in [0.1, 0.15) is 34.6 Å². The molecule has 1 aliphatic rings. The first-order chi connectivity index (χ1) is 9.77. The molecule has 0 N–H and O–H groups in total. The van der Waals surface area contributed by atoms with E-state index in [-0.39, 0.29) is 23.8 Å². The minimum Gasteiger partial charge on any atom is -0.465 e. The van der Waals surface area contributed by atoms with Gasteiger partial charge >= 0.3 is 11.9 Å². The number of hydrogen-bond donors (Lipinski definition) is 0. The first-order valence-corrected chi connectivity index (χ1v) is 7.47. The van der Waals surface area contributed by atoms with E-state index >= 15 is 0 Å². The molecule has 21 heavy (non-hydrogen) atoms. The Morgan fingerprint density at radius 1 is 1.05 bits per heavy atom. The average Bonchev–Trinajstić information content (AvgIpc) is 2.42. The summed E-state index contributed by atoms with van der Waals surface area (Å²) >= 11 is 0. The standard InChI is InChI=1S/C17H26O4/c1-12(2)10-20-15(18)14-8-6-7-9-17(14,5)16(19)21-11-13(3)4/h6-9,12-14H,10-11H2,1-5H3. The molecule has 0 aromatic heterocycles. The van der Waals surface area contributed by atoms with Crippen LogP contribution in [-0.2, 0) is 19.1 Å². The molecule has 0 aromatic carbocycles. The van der Waals surface area contributed by atoms with Gasteiger partial charge < -0.3 is 9.47 Å². The lowest BCUT2D eigenvalue weighted by atomic mass is 9.74. The highest BCUT2D eigenvalue weighted by atomic mass is 16.5. The van der Waals surface area contributed by atoms with Gasteiger partial charge in [0.2, 0.25) is 0 Å². The molecule has 0 amide bonds. The van der Waals surface area contributed by atoms with Crippen LogP contribution in [0.25, 0.3) is 0 Å². The van der Waals surface area contributed by atoms with Crippen molar-refractivity contribution in [2.24, 2.45) is 23.2 Å². The summed E-state index contributed by atoms with van der Waals surface area (Å²) in [6.07, 6.45) is 6.96. The van der Waals surface area contributed by atoms with E-state index < -0.39 is 11.3 Å². The smallest absolute Gasteiger partial charge is 0.316 e. The van der Waals surface area contributed by atoms with E-state index in [4.69, 9.17) is 9.47 Å². The number of hydrogen-bond acceptors (Lipinski definition) is 4. The maximum Gasteiger partial charge on any atom is 0.316 e. The Morgan fingerprint density at radius 2 is 1.62 bits per heavy atom. The summed E-state index contributed by atoms with van der Waals surface area (Å²) < 4.78 is 10.6. The van der Waals surface area contributed by atoms with Crippen LogP contribution in [-0.4, -0.2) is 25.2 Å². The minimum atomic E-state index is -1.00. The van der Waals surface area contributed by atoms with Gasteiger partial charge in [0.05, 0.1) is 19.1 Å². The summed E-state index contributed by atoms with van der Waals surface area (Å²) in [5, 5.41) is 0. The van der Waals surface area contributed by atoms with Crippen LogP contribution >= 0.6 is 0 Å². The summed E-state index contributed by atoms with van der Waals surface area (Å²) in [7, 11) is 0. The van der Waals surface area contributed by atoms with Gasteiger partial charge in [-0.05, 0) is 18.8 Å². The van der Waals surface area contributed by atoms with E-state index in [0.717, 1.165) is 0 Å². The Balaban J connectivity index is 2.80. The first-order valence-electron chi connectivity index (χ1n) is 7.47. The second-order valence-electron chi connectivity index (χ2n) is 6.52. The maximum absolute atomic E-state index is 12.4. The largest absolute Gasteiger partial charge is 0.465 e. The molecule has 4 heteroatoms.